The zero-order valence-corrected chi connectivity index (χ0v) is 8.64. The van der Waals surface area contributed by atoms with Gasteiger partial charge in [0.25, 0.3) is 0 Å². The number of rotatable bonds is 5. The quantitative estimate of drug-likeness (QED) is 0.595. The Bertz CT molecular complexity index is 341. The zero-order chi connectivity index (χ0) is 11.1. The molecule has 0 unspecified atom stereocenters. The van der Waals surface area contributed by atoms with E-state index in [4.69, 9.17) is 9.84 Å². The van der Waals surface area contributed by atoms with Gasteiger partial charge < -0.3 is 9.84 Å². The van der Waals surface area contributed by atoms with Crippen molar-refractivity contribution in [3.63, 3.8) is 0 Å². The van der Waals surface area contributed by atoms with E-state index in [1.165, 1.54) is 0 Å². The first-order chi connectivity index (χ1) is 7.24. The predicted molar refractivity (Wildman–Crippen MR) is 57.2 cm³/mol. The molecule has 0 aliphatic heterocycles. The number of aliphatic carboxylic acids is 1. The van der Waals surface area contributed by atoms with Gasteiger partial charge in [-0.05, 0) is 18.1 Å². The maximum Gasteiger partial charge on any atom is 0.370 e. The van der Waals surface area contributed by atoms with E-state index < -0.39 is 5.97 Å². The molecule has 0 bridgehead atoms. The molecule has 15 heavy (non-hydrogen) atoms. The monoisotopic (exact) mass is 206 g/mol. The van der Waals surface area contributed by atoms with Gasteiger partial charge in [0.2, 0.25) is 5.76 Å². The van der Waals surface area contributed by atoms with Crippen molar-refractivity contribution in [2.75, 3.05) is 0 Å². The normalized spacial score (nSPS) is 11.1. The molecule has 0 atom stereocenters. The smallest absolute Gasteiger partial charge is 0.370 e. The van der Waals surface area contributed by atoms with E-state index >= 15 is 0 Å². The van der Waals surface area contributed by atoms with E-state index in [1.54, 1.807) is 6.08 Å². The number of carboxylic acid groups (broad SMARTS) is 1. The average Bonchev–Trinajstić information content (AvgIpc) is 2.25. The zero-order valence-electron chi connectivity index (χ0n) is 8.64. The summed E-state index contributed by atoms with van der Waals surface area (Å²) in [4.78, 5) is 10.7. The Hall–Kier alpha value is -1.77. The van der Waals surface area contributed by atoms with Crippen LogP contribution in [0, 0.1) is 0 Å². The molecule has 0 aliphatic carbocycles. The molecule has 1 aromatic rings. The van der Waals surface area contributed by atoms with Gasteiger partial charge in [-0.1, -0.05) is 37.3 Å². The topological polar surface area (TPSA) is 46.5 Å². The van der Waals surface area contributed by atoms with Crippen LogP contribution in [0.5, 0.6) is 0 Å². The van der Waals surface area contributed by atoms with Crippen molar-refractivity contribution in [1.82, 2.24) is 0 Å². The lowest BCUT2D eigenvalue weighted by atomic mass is 10.2. The first-order valence-corrected chi connectivity index (χ1v) is 4.84. The van der Waals surface area contributed by atoms with Crippen LogP contribution in [-0.2, 0) is 16.1 Å². The van der Waals surface area contributed by atoms with Crippen LogP contribution in [0.1, 0.15) is 18.9 Å². The summed E-state index contributed by atoms with van der Waals surface area (Å²) >= 11 is 0. The average molecular weight is 206 g/mol. The Balaban J connectivity index is 2.55. The second-order valence-corrected chi connectivity index (χ2v) is 3.06. The largest absolute Gasteiger partial charge is 0.482 e. The van der Waals surface area contributed by atoms with Crippen molar-refractivity contribution in [2.45, 2.75) is 20.0 Å². The molecule has 1 N–H and O–H groups in total. The fourth-order valence-corrected chi connectivity index (χ4v) is 1.13. The van der Waals surface area contributed by atoms with Gasteiger partial charge in [-0.3, -0.25) is 0 Å². The van der Waals surface area contributed by atoms with Gasteiger partial charge >= 0.3 is 5.97 Å². The van der Waals surface area contributed by atoms with Crippen LogP contribution in [0.3, 0.4) is 0 Å². The molecule has 3 heteroatoms. The van der Waals surface area contributed by atoms with Gasteiger partial charge in [0.15, 0.2) is 0 Å². The summed E-state index contributed by atoms with van der Waals surface area (Å²) in [5.74, 6) is -1.01. The minimum atomic E-state index is -1.02. The first kappa shape index (κ1) is 11.3. The number of benzene rings is 1. The molecule has 0 fully saturated rings. The second-order valence-electron chi connectivity index (χ2n) is 3.06. The highest BCUT2D eigenvalue weighted by molar-refractivity contribution is 5.84. The van der Waals surface area contributed by atoms with Gasteiger partial charge in [-0.15, -0.1) is 0 Å². The molecule has 0 amide bonds. The Morgan fingerprint density at radius 2 is 2.07 bits per heavy atom. The fourth-order valence-electron chi connectivity index (χ4n) is 1.13. The molecular formula is C12H14O3. The number of carbonyl (C=O) groups is 1. The summed E-state index contributed by atoms with van der Waals surface area (Å²) in [7, 11) is 0. The van der Waals surface area contributed by atoms with Crippen molar-refractivity contribution in [3.8, 4) is 0 Å². The molecule has 0 aromatic heterocycles. The summed E-state index contributed by atoms with van der Waals surface area (Å²) < 4.78 is 5.19. The summed E-state index contributed by atoms with van der Waals surface area (Å²) in [5.41, 5.74) is 0.959. The second kappa shape index (κ2) is 5.86. The summed E-state index contributed by atoms with van der Waals surface area (Å²) in [6.07, 6.45) is 2.21. The van der Waals surface area contributed by atoms with Gasteiger partial charge in [0.05, 0.1) is 0 Å². The molecule has 80 valence electrons. The predicted octanol–water partition coefficient (Wildman–Crippen LogP) is 2.58. The van der Waals surface area contributed by atoms with E-state index in [1.807, 2.05) is 37.3 Å². The third kappa shape index (κ3) is 3.85. The molecule has 1 aromatic carbocycles. The number of hydrogen-bond acceptors (Lipinski definition) is 2. The Morgan fingerprint density at radius 3 is 2.60 bits per heavy atom. The highest BCUT2D eigenvalue weighted by Gasteiger charge is 2.07. The van der Waals surface area contributed by atoms with Crippen LogP contribution < -0.4 is 0 Å². The van der Waals surface area contributed by atoms with Crippen molar-refractivity contribution in [2.24, 2.45) is 0 Å². The minimum Gasteiger partial charge on any atom is -0.482 e. The Labute approximate surface area is 89.0 Å². The van der Waals surface area contributed by atoms with E-state index in [-0.39, 0.29) is 5.76 Å². The van der Waals surface area contributed by atoms with Crippen LogP contribution in [0.25, 0.3) is 0 Å². The van der Waals surface area contributed by atoms with Crippen LogP contribution in [0.4, 0.5) is 0 Å². The summed E-state index contributed by atoms with van der Waals surface area (Å²) in [6.45, 7) is 2.16. The maximum atomic E-state index is 10.7. The van der Waals surface area contributed by atoms with Crippen LogP contribution >= 0.6 is 0 Å². The van der Waals surface area contributed by atoms with Crippen LogP contribution in [0.2, 0.25) is 0 Å². The van der Waals surface area contributed by atoms with Crippen molar-refractivity contribution < 1.29 is 14.6 Å². The molecule has 0 saturated carbocycles. The van der Waals surface area contributed by atoms with Gasteiger partial charge in [-0.2, -0.15) is 0 Å². The lowest BCUT2D eigenvalue weighted by molar-refractivity contribution is -0.136. The molecule has 0 saturated heterocycles. The SMILES string of the molecule is CC/C=C(\OCc1ccccc1)C(=O)O. The third-order valence-electron chi connectivity index (χ3n) is 1.84. The molecule has 0 radical (unpaired) electrons. The van der Waals surface area contributed by atoms with Crippen molar-refractivity contribution >= 4 is 5.97 Å². The van der Waals surface area contributed by atoms with Gasteiger partial charge in [-0.25, -0.2) is 4.79 Å². The van der Waals surface area contributed by atoms with E-state index in [0.717, 1.165) is 5.56 Å². The van der Waals surface area contributed by atoms with Gasteiger partial charge in [0, 0.05) is 0 Å². The van der Waals surface area contributed by atoms with Gasteiger partial charge in [0.1, 0.15) is 6.61 Å². The highest BCUT2D eigenvalue weighted by atomic mass is 16.5. The third-order valence-corrected chi connectivity index (χ3v) is 1.84. The highest BCUT2D eigenvalue weighted by Crippen LogP contribution is 2.06. The van der Waals surface area contributed by atoms with Crippen molar-refractivity contribution in [3.05, 3.63) is 47.7 Å². The van der Waals surface area contributed by atoms with Crippen molar-refractivity contribution in [1.29, 1.82) is 0 Å². The number of ether oxygens (including phenoxy) is 1. The Kier molecular flexibility index (Phi) is 4.41. The number of carboxylic acids is 1. The molecular weight excluding hydrogens is 192 g/mol. The molecule has 0 spiro atoms. The first-order valence-electron chi connectivity index (χ1n) is 4.84. The molecule has 3 nitrogen and oxygen atoms in total. The lowest BCUT2D eigenvalue weighted by Gasteiger charge is -2.06. The lowest BCUT2D eigenvalue weighted by Crippen LogP contribution is -2.05. The molecule has 0 aliphatic rings. The van der Waals surface area contributed by atoms with Crippen LogP contribution in [0.15, 0.2) is 42.2 Å². The summed E-state index contributed by atoms with van der Waals surface area (Å²) in [6, 6.07) is 9.48. The van der Waals surface area contributed by atoms with E-state index in [9.17, 15) is 4.79 Å². The summed E-state index contributed by atoms with van der Waals surface area (Å²) in [5, 5.41) is 8.79. The maximum absolute atomic E-state index is 10.7. The molecule has 0 heterocycles. The molecule has 1 rings (SSSR count). The number of allylic oxidation sites excluding steroid dienone is 1. The van der Waals surface area contributed by atoms with E-state index in [2.05, 4.69) is 0 Å². The minimum absolute atomic E-state index is 0.0151. The van der Waals surface area contributed by atoms with Crippen LogP contribution in [-0.4, -0.2) is 11.1 Å². The fraction of sp³-hybridized carbons (Fsp3) is 0.250. The number of hydrogen-bond donors (Lipinski definition) is 1. The Morgan fingerprint density at radius 1 is 1.40 bits per heavy atom. The van der Waals surface area contributed by atoms with E-state index in [0.29, 0.717) is 13.0 Å². The standard InChI is InChI=1S/C12H14O3/c1-2-6-11(12(13)14)15-9-10-7-4-3-5-8-10/h3-8H,2,9H2,1H3,(H,13,14)/b11-6-.